The average molecular weight is 432 g/mol. The number of hydrogen-bond acceptors (Lipinski definition) is 5. The van der Waals surface area contributed by atoms with Gasteiger partial charge in [-0.2, -0.15) is 5.10 Å². The summed E-state index contributed by atoms with van der Waals surface area (Å²) in [5.74, 6) is 4.10. The van der Waals surface area contributed by atoms with Gasteiger partial charge in [0.1, 0.15) is 30.2 Å². The smallest absolute Gasteiger partial charge is 0.178 e. The van der Waals surface area contributed by atoms with Crippen LogP contribution in [0.25, 0.3) is 28.5 Å². The van der Waals surface area contributed by atoms with Gasteiger partial charge in [-0.25, -0.2) is 14.6 Å². The molecule has 0 atom stereocenters. The van der Waals surface area contributed by atoms with Gasteiger partial charge >= 0.3 is 0 Å². The molecule has 1 radical (unpaired) electrons. The first-order chi connectivity index (χ1) is 15.5. The number of hydrogen-bond donors (Lipinski definition) is 0. The molecule has 0 fully saturated rings. The number of nitrogens with zero attached hydrogens (tertiary/aromatic N) is 6. The van der Waals surface area contributed by atoms with E-state index in [1.54, 1.807) is 6.33 Å². The van der Waals surface area contributed by atoms with E-state index in [9.17, 15) is 0 Å². The van der Waals surface area contributed by atoms with Gasteiger partial charge in [0.05, 0.1) is 12.1 Å². The van der Waals surface area contributed by atoms with E-state index in [1.165, 1.54) is 17.1 Å². The third kappa shape index (κ3) is 3.97. The van der Waals surface area contributed by atoms with Crippen LogP contribution in [0.3, 0.4) is 0 Å². The van der Waals surface area contributed by atoms with Gasteiger partial charge in [-0.05, 0) is 49.5 Å². The first-order valence-corrected chi connectivity index (χ1v) is 11.4. The van der Waals surface area contributed by atoms with Gasteiger partial charge < -0.3 is 9.30 Å². The highest BCUT2D eigenvalue weighted by Gasteiger charge is 2.23. The first-order valence-electron chi connectivity index (χ1n) is 11.4. The Hall–Kier alpha value is -2.93. The molecule has 2 aromatic heterocycles. The van der Waals surface area contributed by atoms with Crippen LogP contribution in [0.1, 0.15) is 45.7 Å². The lowest BCUT2D eigenvalue weighted by atomic mass is 9.97. The fourth-order valence-corrected chi connectivity index (χ4v) is 4.56. The quantitative estimate of drug-likeness (QED) is 0.596. The maximum Gasteiger partial charge on any atom is 0.178 e. The van der Waals surface area contributed by atoms with Crippen LogP contribution in [-0.4, -0.2) is 55.5 Å². The zero-order valence-electron chi connectivity index (χ0n) is 19.4. The average Bonchev–Trinajstić information content (AvgIpc) is 3.38. The van der Waals surface area contributed by atoms with E-state index in [1.807, 2.05) is 4.68 Å². The highest BCUT2D eigenvalue weighted by atomic mass is 16.5. The summed E-state index contributed by atoms with van der Waals surface area (Å²) in [6.07, 6.45) is 7.09. The van der Waals surface area contributed by atoms with E-state index in [-0.39, 0.29) is 6.04 Å². The van der Waals surface area contributed by atoms with Crippen LogP contribution in [-0.2, 0) is 6.54 Å². The molecule has 0 amide bonds. The van der Waals surface area contributed by atoms with E-state index < -0.39 is 0 Å². The highest BCUT2D eigenvalue weighted by molar-refractivity contribution is 5.75. The Morgan fingerprint density at radius 1 is 1.16 bits per heavy atom. The summed E-state index contributed by atoms with van der Waals surface area (Å²) in [4.78, 5) is 11.9. The molecule has 0 unspecified atom stereocenters. The van der Waals surface area contributed by atoms with Gasteiger partial charge in [-0.3, -0.25) is 4.90 Å². The summed E-state index contributed by atoms with van der Waals surface area (Å²) in [6.45, 7) is 13.2. The molecule has 2 aliphatic heterocycles. The third-order valence-electron chi connectivity index (χ3n) is 6.08. The number of fused-ring (bicyclic) bond motifs is 3. The summed E-state index contributed by atoms with van der Waals surface area (Å²) < 4.78 is 10.2. The topological polar surface area (TPSA) is 61.0 Å². The highest BCUT2D eigenvalue weighted by Crippen LogP contribution is 2.36. The van der Waals surface area contributed by atoms with Crippen molar-refractivity contribution in [3.63, 3.8) is 0 Å². The monoisotopic (exact) mass is 431 g/mol. The van der Waals surface area contributed by atoms with Crippen molar-refractivity contribution in [1.82, 2.24) is 29.2 Å². The van der Waals surface area contributed by atoms with Crippen LogP contribution in [0.5, 0.6) is 5.75 Å². The van der Waals surface area contributed by atoms with Crippen molar-refractivity contribution in [3.8, 4) is 28.7 Å². The lowest BCUT2D eigenvalue weighted by molar-refractivity contribution is 0.306. The van der Waals surface area contributed by atoms with Gasteiger partial charge in [-0.1, -0.05) is 26.0 Å². The molecule has 0 saturated carbocycles. The summed E-state index contributed by atoms with van der Waals surface area (Å²) in [5.41, 5.74) is 4.53. The molecule has 0 spiro atoms. The number of imidazole rings is 1. The van der Waals surface area contributed by atoms with Crippen LogP contribution >= 0.6 is 0 Å². The molecule has 1 aromatic carbocycles. The minimum Gasteiger partial charge on any atom is -0.491 e. The minimum atomic E-state index is 0.228. The predicted octanol–water partition coefficient (Wildman–Crippen LogP) is 4.49. The number of aromatic nitrogens is 5. The third-order valence-corrected chi connectivity index (χ3v) is 6.08. The summed E-state index contributed by atoms with van der Waals surface area (Å²) in [6, 6.07) is 6.78. The van der Waals surface area contributed by atoms with Gasteiger partial charge in [0.25, 0.3) is 0 Å². The van der Waals surface area contributed by atoms with Crippen LogP contribution < -0.4 is 4.74 Å². The van der Waals surface area contributed by atoms with Crippen LogP contribution in [0.2, 0.25) is 0 Å². The fraction of sp³-hybridized carbons (Fsp3) is 0.440. The minimum absolute atomic E-state index is 0.228. The summed E-state index contributed by atoms with van der Waals surface area (Å²) >= 11 is 0. The molecule has 0 saturated heterocycles. The first kappa shape index (κ1) is 20.9. The Morgan fingerprint density at radius 2 is 2.03 bits per heavy atom. The molecule has 3 aromatic rings. The van der Waals surface area contributed by atoms with Gasteiger partial charge in [0.15, 0.2) is 5.82 Å². The number of rotatable bonds is 5. The van der Waals surface area contributed by atoms with Gasteiger partial charge in [0.2, 0.25) is 0 Å². The maximum atomic E-state index is 6.15. The summed E-state index contributed by atoms with van der Waals surface area (Å²) in [7, 11) is 0. The molecule has 32 heavy (non-hydrogen) atoms. The van der Waals surface area contributed by atoms with Crippen LogP contribution in [0.4, 0.5) is 0 Å². The Balaban J connectivity index is 1.45. The van der Waals surface area contributed by atoms with E-state index in [4.69, 9.17) is 9.72 Å². The predicted molar refractivity (Wildman–Crippen MR) is 126 cm³/mol. The lowest BCUT2D eigenvalue weighted by Gasteiger charge is -2.27. The standard InChI is InChI=1S/C25H31N6O/c1-17(2)14-29-9-7-19(8-10-29)20-5-6-21-23(13-20)32-12-11-30-15-22(28-24(21)30)25-26-16-27-31(25)18(3)4/h5-7,13,15-16,18H,8-12,14H2,1-4H3. The second-order valence-electron chi connectivity index (χ2n) is 9.25. The van der Waals surface area contributed by atoms with Gasteiger partial charge in [-0.15, -0.1) is 0 Å². The molecule has 167 valence electrons. The molecule has 7 nitrogen and oxygen atoms in total. The zero-order valence-corrected chi connectivity index (χ0v) is 19.4. The van der Waals surface area contributed by atoms with Crippen molar-refractivity contribution >= 4 is 5.57 Å². The summed E-state index contributed by atoms with van der Waals surface area (Å²) in [5, 5.41) is 4.37. The maximum absolute atomic E-state index is 6.15. The lowest BCUT2D eigenvalue weighted by Crippen LogP contribution is -2.31. The van der Waals surface area contributed by atoms with E-state index >= 15 is 0 Å². The van der Waals surface area contributed by atoms with Crippen molar-refractivity contribution in [2.45, 2.75) is 46.7 Å². The molecule has 5 rings (SSSR count). The Bertz CT molecular complexity index is 1140. The second kappa shape index (κ2) is 8.54. The van der Waals surface area contributed by atoms with Gasteiger partial charge in [0, 0.05) is 31.9 Å². The number of benzene rings is 1. The molecule has 0 bridgehead atoms. The van der Waals surface area contributed by atoms with E-state index in [0.29, 0.717) is 6.61 Å². The fourth-order valence-electron chi connectivity index (χ4n) is 4.56. The molecule has 4 heterocycles. The van der Waals surface area contributed by atoms with Crippen molar-refractivity contribution in [2.24, 2.45) is 0 Å². The molecule has 0 aliphatic carbocycles. The van der Waals surface area contributed by atoms with Crippen molar-refractivity contribution in [2.75, 3.05) is 26.2 Å². The molecular formula is C25H31N6O. The van der Waals surface area contributed by atoms with E-state index in [0.717, 1.165) is 61.3 Å². The molecule has 2 aliphatic rings. The van der Waals surface area contributed by atoms with Crippen LogP contribution in [0, 0.1) is 5.92 Å². The Morgan fingerprint density at radius 3 is 2.78 bits per heavy atom. The number of ether oxygens (including phenoxy) is 1. The second-order valence-corrected chi connectivity index (χ2v) is 9.25. The normalized spacial score (nSPS) is 16.5. The molecular weight excluding hydrogens is 400 g/mol. The van der Waals surface area contributed by atoms with Crippen LogP contribution in [0.15, 0.2) is 36.8 Å². The SMILES string of the molecule is C[C](C)CN1CC=C(c2ccc3c(c2)OCCn2cc(-c4ncnn4C(C)C)nc2-3)CC1. The Labute approximate surface area is 189 Å². The van der Waals surface area contributed by atoms with Crippen molar-refractivity contribution < 1.29 is 4.74 Å². The van der Waals surface area contributed by atoms with Crippen molar-refractivity contribution in [3.05, 3.63) is 48.3 Å². The van der Waals surface area contributed by atoms with E-state index in [2.05, 4.69) is 77.7 Å². The largest absolute Gasteiger partial charge is 0.491 e. The molecule has 0 N–H and O–H groups in total. The zero-order chi connectivity index (χ0) is 22.2. The molecule has 7 heteroatoms. The van der Waals surface area contributed by atoms with Crippen molar-refractivity contribution in [1.29, 1.82) is 0 Å². The Kier molecular flexibility index (Phi) is 5.59.